The average molecular weight is 479 g/mol. The van der Waals surface area contributed by atoms with Gasteiger partial charge >= 0.3 is 0 Å². The van der Waals surface area contributed by atoms with Crippen LogP contribution < -0.4 is 5.32 Å². The molecular weight excluding hydrogens is 456 g/mol. The standard InChI is InChI=1S/C21H23BrN2O4S/c1-16-6-7-17(19(22)14-16)8-9-21(25)23-15-18-4-2-3-5-20(18)29(26,27)24-10-12-28-13-11-24/h2-9,14H,10-13,15H2,1H3,(H,23,25)/b9-8+. The van der Waals surface area contributed by atoms with Gasteiger partial charge in [-0.3, -0.25) is 4.79 Å². The molecule has 0 aromatic heterocycles. The van der Waals surface area contributed by atoms with E-state index in [4.69, 9.17) is 4.74 Å². The Hall–Kier alpha value is -2.00. The lowest BCUT2D eigenvalue weighted by atomic mass is 10.1. The Kier molecular flexibility index (Phi) is 7.23. The molecule has 1 amide bonds. The summed E-state index contributed by atoms with van der Waals surface area (Å²) in [5.74, 6) is -0.295. The predicted octanol–water partition coefficient (Wildman–Crippen LogP) is 3.11. The van der Waals surface area contributed by atoms with Gasteiger partial charge in [-0.2, -0.15) is 4.31 Å². The van der Waals surface area contributed by atoms with E-state index in [2.05, 4.69) is 21.2 Å². The Morgan fingerprint density at radius 3 is 2.66 bits per heavy atom. The van der Waals surface area contributed by atoms with Crippen molar-refractivity contribution in [2.75, 3.05) is 26.3 Å². The zero-order valence-corrected chi connectivity index (χ0v) is 18.5. The summed E-state index contributed by atoms with van der Waals surface area (Å²) in [6.45, 7) is 3.55. The van der Waals surface area contributed by atoms with Gasteiger partial charge in [-0.05, 0) is 41.8 Å². The van der Waals surface area contributed by atoms with E-state index < -0.39 is 10.0 Å². The maximum absolute atomic E-state index is 13.0. The lowest BCUT2D eigenvalue weighted by molar-refractivity contribution is -0.116. The molecule has 0 spiro atoms. The topological polar surface area (TPSA) is 75.7 Å². The Balaban J connectivity index is 1.69. The van der Waals surface area contributed by atoms with Gasteiger partial charge in [0.05, 0.1) is 18.1 Å². The summed E-state index contributed by atoms with van der Waals surface area (Å²) in [6, 6.07) is 12.6. The fourth-order valence-electron chi connectivity index (χ4n) is 3.00. The van der Waals surface area contributed by atoms with Crippen molar-refractivity contribution in [1.29, 1.82) is 0 Å². The number of amides is 1. The maximum atomic E-state index is 13.0. The van der Waals surface area contributed by atoms with Gasteiger partial charge < -0.3 is 10.1 Å². The molecule has 1 saturated heterocycles. The van der Waals surface area contributed by atoms with Crippen molar-refractivity contribution in [3.63, 3.8) is 0 Å². The molecule has 6 nitrogen and oxygen atoms in total. The normalized spacial score (nSPS) is 15.5. The van der Waals surface area contributed by atoms with Crippen LogP contribution in [0.1, 0.15) is 16.7 Å². The number of ether oxygens (including phenoxy) is 1. The summed E-state index contributed by atoms with van der Waals surface area (Å²) < 4.78 is 33.5. The van der Waals surface area contributed by atoms with Crippen LogP contribution in [0.25, 0.3) is 6.08 Å². The van der Waals surface area contributed by atoms with E-state index in [0.717, 1.165) is 15.6 Å². The minimum Gasteiger partial charge on any atom is -0.379 e. The number of carbonyl (C=O) groups excluding carboxylic acids is 1. The fraction of sp³-hybridized carbons (Fsp3) is 0.286. The third-order valence-electron chi connectivity index (χ3n) is 4.58. The summed E-state index contributed by atoms with van der Waals surface area (Å²) in [4.78, 5) is 12.5. The summed E-state index contributed by atoms with van der Waals surface area (Å²) in [5, 5.41) is 2.77. The van der Waals surface area contributed by atoms with Gasteiger partial charge in [0, 0.05) is 30.2 Å². The smallest absolute Gasteiger partial charge is 0.244 e. The minimum absolute atomic E-state index is 0.123. The van der Waals surface area contributed by atoms with Crippen molar-refractivity contribution in [3.8, 4) is 0 Å². The molecule has 0 radical (unpaired) electrons. The number of nitrogens with zero attached hydrogens (tertiary/aromatic N) is 1. The average Bonchev–Trinajstić information content (AvgIpc) is 2.72. The first-order valence-corrected chi connectivity index (χ1v) is 11.5. The first kappa shape index (κ1) is 21.7. The van der Waals surface area contributed by atoms with E-state index in [0.29, 0.717) is 31.9 Å². The Bertz CT molecular complexity index is 1020. The molecule has 1 aliphatic heterocycles. The lowest BCUT2D eigenvalue weighted by Crippen LogP contribution is -2.41. The van der Waals surface area contributed by atoms with Crippen molar-refractivity contribution in [1.82, 2.24) is 9.62 Å². The number of benzene rings is 2. The highest BCUT2D eigenvalue weighted by molar-refractivity contribution is 9.10. The van der Waals surface area contributed by atoms with Crippen LogP contribution in [-0.4, -0.2) is 44.9 Å². The van der Waals surface area contributed by atoms with Crippen molar-refractivity contribution < 1.29 is 17.9 Å². The van der Waals surface area contributed by atoms with Crippen molar-refractivity contribution in [2.24, 2.45) is 0 Å². The second kappa shape index (κ2) is 9.67. The molecule has 1 fully saturated rings. The number of hydrogen-bond donors (Lipinski definition) is 1. The van der Waals surface area contributed by atoms with E-state index in [-0.39, 0.29) is 17.3 Å². The van der Waals surface area contributed by atoms with Gasteiger partial charge in [0.15, 0.2) is 0 Å². The van der Waals surface area contributed by atoms with Gasteiger partial charge in [-0.15, -0.1) is 0 Å². The lowest BCUT2D eigenvalue weighted by Gasteiger charge is -2.27. The van der Waals surface area contributed by atoms with Crippen LogP contribution in [0.3, 0.4) is 0 Å². The van der Waals surface area contributed by atoms with Gasteiger partial charge in [0.25, 0.3) is 0 Å². The number of carbonyl (C=O) groups is 1. The monoisotopic (exact) mass is 478 g/mol. The summed E-state index contributed by atoms with van der Waals surface area (Å²) in [6.07, 6.45) is 3.16. The van der Waals surface area contributed by atoms with E-state index in [1.54, 1.807) is 30.3 Å². The Labute approximate surface area is 179 Å². The first-order chi connectivity index (χ1) is 13.9. The fourth-order valence-corrected chi connectivity index (χ4v) is 5.26. The second-order valence-corrected chi connectivity index (χ2v) is 9.46. The molecule has 2 aromatic rings. The highest BCUT2D eigenvalue weighted by Crippen LogP contribution is 2.22. The number of nitrogens with one attached hydrogen (secondary N) is 1. The molecular formula is C21H23BrN2O4S. The van der Waals surface area contributed by atoms with Gasteiger partial charge in [-0.1, -0.05) is 46.3 Å². The summed E-state index contributed by atoms with van der Waals surface area (Å²) in [5.41, 5.74) is 2.56. The minimum atomic E-state index is -3.63. The summed E-state index contributed by atoms with van der Waals surface area (Å²) in [7, 11) is -3.63. The van der Waals surface area contributed by atoms with E-state index in [1.807, 2.05) is 25.1 Å². The van der Waals surface area contributed by atoms with Crippen LogP contribution >= 0.6 is 15.9 Å². The van der Waals surface area contributed by atoms with Gasteiger partial charge in [0.2, 0.25) is 15.9 Å². The first-order valence-electron chi connectivity index (χ1n) is 9.26. The molecule has 0 unspecified atom stereocenters. The second-order valence-electron chi connectivity index (χ2n) is 6.70. The molecule has 0 atom stereocenters. The molecule has 1 N–H and O–H groups in total. The molecule has 1 aliphatic rings. The number of rotatable bonds is 6. The molecule has 8 heteroatoms. The number of hydrogen-bond acceptors (Lipinski definition) is 4. The highest BCUT2D eigenvalue weighted by atomic mass is 79.9. The SMILES string of the molecule is Cc1ccc(/C=C/C(=O)NCc2ccccc2S(=O)(=O)N2CCOCC2)c(Br)c1. The van der Waals surface area contributed by atoms with Gasteiger partial charge in [0.1, 0.15) is 0 Å². The number of aryl methyl sites for hydroxylation is 1. The Morgan fingerprint density at radius 1 is 1.21 bits per heavy atom. The number of sulfonamides is 1. The number of morpholine rings is 1. The van der Waals surface area contributed by atoms with Crippen LogP contribution in [0.15, 0.2) is 57.9 Å². The van der Waals surface area contributed by atoms with Crippen LogP contribution in [0.4, 0.5) is 0 Å². The summed E-state index contributed by atoms with van der Waals surface area (Å²) >= 11 is 3.48. The van der Waals surface area contributed by atoms with Crippen LogP contribution in [0.2, 0.25) is 0 Å². The van der Waals surface area contributed by atoms with Crippen LogP contribution in [0.5, 0.6) is 0 Å². The quantitative estimate of drug-likeness (QED) is 0.647. The third kappa shape index (κ3) is 5.54. The number of halogens is 1. The largest absolute Gasteiger partial charge is 0.379 e. The van der Waals surface area contributed by atoms with Crippen LogP contribution in [-0.2, 0) is 26.1 Å². The van der Waals surface area contributed by atoms with Crippen molar-refractivity contribution in [3.05, 3.63) is 69.7 Å². The predicted molar refractivity (Wildman–Crippen MR) is 116 cm³/mol. The third-order valence-corrected chi connectivity index (χ3v) is 7.27. The van der Waals surface area contributed by atoms with Crippen molar-refractivity contribution in [2.45, 2.75) is 18.4 Å². The maximum Gasteiger partial charge on any atom is 0.244 e. The molecule has 3 rings (SSSR count). The molecule has 0 aliphatic carbocycles. The van der Waals surface area contributed by atoms with E-state index >= 15 is 0 Å². The zero-order chi connectivity index (χ0) is 20.9. The molecule has 2 aromatic carbocycles. The van der Waals surface area contributed by atoms with Gasteiger partial charge in [-0.25, -0.2) is 8.42 Å². The zero-order valence-electron chi connectivity index (χ0n) is 16.1. The molecule has 0 bridgehead atoms. The van der Waals surface area contributed by atoms with E-state index in [1.165, 1.54) is 10.4 Å². The van der Waals surface area contributed by atoms with Crippen LogP contribution in [0, 0.1) is 6.92 Å². The Morgan fingerprint density at radius 2 is 1.93 bits per heavy atom. The molecule has 1 heterocycles. The molecule has 29 heavy (non-hydrogen) atoms. The highest BCUT2D eigenvalue weighted by Gasteiger charge is 2.28. The molecule has 0 saturated carbocycles. The molecule has 154 valence electrons. The van der Waals surface area contributed by atoms with E-state index in [9.17, 15) is 13.2 Å². The van der Waals surface area contributed by atoms with Crippen molar-refractivity contribution >= 4 is 37.9 Å².